The summed E-state index contributed by atoms with van der Waals surface area (Å²) in [6.45, 7) is 4.20. The fourth-order valence-electron chi connectivity index (χ4n) is 2.65. The second-order valence-corrected chi connectivity index (χ2v) is 5.12. The van der Waals surface area contributed by atoms with Gasteiger partial charge in [-0.15, -0.1) is 0 Å². The largest absolute Gasteiger partial charge is 0.496 e. The molecule has 94 valence electrons. The number of ether oxygens (including phenoxy) is 1. The third kappa shape index (κ3) is 2.17. The second-order valence-electron chi connectivity index (χ2n) is 5.12. The Morgan fingerprint density at radius 1 is 1.24 bits per heavy atom. The number of hydrogen-bond donors (Lipinski definition) is 2. The van der Waals surface area contributed by atoms with Gasteiger partial charge in [0.25, 0.3) is 0 Å². The van der Waals surface area contributed by atoms with E-state index in [0.29, 0.717) is 12.0 Å². The summed E-state index contributed by atoms with van der Waals surface area (Å²) in [7, 11) is 1.70. The van der Waals surface area contributed by atoms with Gasteiger partial charge in [-0.2, -0.15) is 0 Å². The molecule has 0 radical (unpaired) electrons. The molecule has 0 saturated heterocycles. The van der Waals surface area contributed by atoms with E-state index in [4.69, 9.17) is 16.2 Å². The van der Waals surface area contributed by atoms with Crippen molar-refractivity contribution < 1.29 is 4.74 Å². The molecule has 4 N–H and O–H groups in total. The molecule has 1 aliphatic rings. The Bertz CT molecular complexity index is 411. The van der Waals surface area contributed by atoms with Crippen LogP contribution in [0.2, 0.25) is 0 Å². The van der Waals surface area contributed by atoms with E-state index in [9.17, 15) is 0 Å². The zero-order valence-corrected chi connectivity index (χ0v) is 10.9. The van der Waals surface area contributed by atoms with Crippen LogP contribution in [0.25, 0.3) is 0 Å². The molecule has 2 rings (SSSR count). The SMILES string of the molecule is COc1ccc(C(N)C2CC(N)C2)c(C)c1C. The predicted octanol–water partition coefficient (Wildman–Crippen LogP) is 2.05. The molecule has 1 aromatic carbocycles. The van der Waals surface area contributed by atoms with Crippen LogP contribution in [0.3, 0.4) is 0 Å². The monoisotopic (exact) mass is 234 g/mol. The van der Waals surface area contributed by atoms with Crippen LogP contribution in [-0.4, -0.2) is 13.2 Å². The van der Waals surface area contributed by atoms with Gasteiger partial charge in [-0.25, -0.2) is 0 Å². The van der Waals surface area contributed by atoms with E-state index in [2.05, 4.69) is 19.9 Å². The van der Waals surface area contributed by atoms with E-state index in [1.807, 2.05) is 6.07 Å². The van der Waals surface area contributed by atoms with Gasteiger partial charge in [-0.3, -0.25) is 0 Å². The summed E-state index contributed by atoms with van der Waals surface area (Å²) in [5.74, 6) is 1.47. The summed E-state index contributed by atoms with van der Waals surface area (Å²) in [5.41, 5.74) is 15.8. The van der Waals surface area contributed by atoms with Crippen molar-refractivity contribution in [2.24, 2.45) is 17.4 Å². The van der Waals surface area contributed by atoms with Crippen molar-refractivity contribution in [1.29, 1.82) is 0 Å². The third-order valence-corrected chi connectivity index (χ3v) is 4.08. The van der Waals surface area contributed by atoms with Gasteiger partial charge < -0.3 is 16.2 Å². The summed E-state index contributed by atoms with van der Waals surface area (Å²) in [6.07, 6.45) is 2.09. The van der Waals surface area contributed by atoms with Crippen molar-refractivity contribution in [2.75, 3.05) is 7.11 Å². The molecule has 1 unspecified atom stereocenters. The summed E-state index contributed by atoms with van der Waals surface area (Å²) in [6, 6.07) is 4.57. The predicted molar refractivity (Wildman–Crippen MR) is 70.1 cm³/mol. The van der Waals surface area contributed by atoms with Crippen molar-refractivity contribution >= 4 is 0 Å². The minimum atomic E-state index is 0.111. The molecule has 0 heterocycles. The Hall–Kier alpha value is -1.06. The van der Waals surface area contributed by atoms with Crippen LogP contribution in [0.4, 0.5) is 0 Å². The van der Waals surface area contributed by atoms with E-state index in [1.54, 1.807) is 7.11 Å². The Morgan fingerprint density at radius 3 is 2.41 bits per heavy atom. The van der Waals surface area contributed by atoms with Gasteiger partial charge in [-0.1, -0.05) is 6.07 Å². The van der Waals surface area contributed by atoms with Gasteiger partial charge in [0.05, 0.1) is 7.11 Å². The van der Waals surface area contributed by atoms with E-state index in [-0.39, 0.29) is 6.04 Å². The standard InChI is InChI=1S/C14H22N2O/c1-8-9(2)13(17-3)5-4-12(8)14(16)10-6-11(15)7-10/h4-5,10-11,14H,6-7,15-16H2,1-3H3. The van der Waals surface area contributed by atoms with Gasteiger partial charge in [0.2, 0.25) is 0 Å². The normalized spacial score (nSPS) is 25.2. The van der Waals surface area contributed by atoms with Crippen molar-refractivity contribution in [3.05, 3.63) is 28.8 Å². The highest BCUT2D eigenvalue weighted by Gasteiger charge is 2.32. The molecular formula is C14H22N2O. The van der Waals surface area contributed by atoms with E-state index >= 15 is 0 Å². The fourth-order valence-corrected chi connectivity index (χ4v) is 2.65. The van der Waals surface area contributed by atoms with E-state index < -0.39 is 0 Å². The van der Waals surface area contributed by atoms with Crippen LogP contribution < -0.4 is 16.2 Å². The molecule has 3 nitrogen and oxygen atoms in total. The molecule has 1 aromatic rings. The lowest BCUT2D eigenvalue weighted by atomic mass is 9.73. The van der Waals surface area contributed by atoms with Gasteiger partial charge in [0, 0.05) is 12.1 Å². The Morgan fingerprint density at radius 2 is 1.88 bits per heavy atom. The summed E-state index contributed by atoms with van der Waals surface area (Å²) < 4.78 is 5.32. The van der Waals surface area contributed by atoms with Crippen LogP contribution >= 0.6 is 0 Å². The average molecular weight is 234 g/mol. The van der Waals surface area contributed by atoms with Crippen molar-refractivity contribution in [2.45, 2.75) is 38.8 Å². The molecule has 0 aliphatic heterocycles. The molecule has 1 atom stereocenters. The van der Waals surface area contributed by atoms with Crippen molar-refractivity contribution in [3.63, 3.8) is 0 Å². The first-order valence-corrected chi connectivity index (χ1v) is 6.19. The Kier molecular flexibility index (Phi) is 3.40. The lowest BCUT2D eigenvalue weighted by Gasteiger charge is -2.37. The molecular weight excluding hydrogens is 212 g/mol. The molecule has 0 bridgehead atoms. The van der Waals surface area contributed by atoms with Crippen LogP contribution in [0.15, 0.2) is 12.1 Å². The molecule has 0 amide bonds. The fraction of sp³-hybridized carbons (Fsp3) is 0.571. The summed E-state index contributed by atoms with van der Waals surface area (Å²) in [5, 5.41) is 0. The second kappa shape index (κ2) is 4.67. The first kappa shape index (κ1) is 12.4. The van der Waals surface area contributed by atoms with Crippen molar-refractivity contribution in [3.8, 4) is 5.75 Å². The maximum Gasteiger partial charge on any atom is 0.122 e. The number of hydrogen-bond acceptors (Lipinski definition) is 3. The molecule has 0 aromatic heterocycles. The number of nitrogens with two attached hydrogens (primary N) is 2. The van der Waals surface area contributed by atoms with Crippen LogP contribution in [0, 0.1) is 19.8 Å². The molecule has 0 spiro atoms. The zero-order chi connectivity index (χ0) is 12.6. The number of rotatable bonds is 3. The quantitative estimate of drug-likeness (QED) is 0.841. The maximum absolute atomic E-state index is 6.33. The molecule has 17 heavy (non-hydrogen) atoms. The third-order valence-electron chi connectivity index (χ3n) is 4.08. The van der Waals surface area contributed by atoms with Crippen LogP contribution in [-0.2, 0) is 0 Å². The molecule has 3 heteroatoms. The maximum atomic E-state index is 6.33. The topological polar surface area (TPSA) is 61.3 Å². The van der Waals surface area contributed by atoms with Gasteiger partial charge in [0.1, 0.15) is 5.75 Å². The lowest BCUT2D eigenvalue weighted by Crippen LogP contribution is -2.41. The van der Waals surface area contributed by atoms with Gasteiger partial charge in [0.15, 0.2) is 0 Å². The Labute approximate surface area is 103 Å². The Balaban J connectivity index is 2.24. The van der Waals surface area contributed by atoms with Crippen LogP contribution in [0.1, 0.15) is 35.6 Å². The van der Waals surface area contributed by atoms with Crippen molar-refractivity contribution in [1.82, 2.24) is 0 Å². The first-order chi connectivity index (χ1) is 8.04. The van der Waals surface area contributed by atoms with Gasteiger partial charge in [-0.05, 0) is 55.4 Å². The lowest BCUT2D eigenvalue weighted by molar-refractivity contribution is 0.223. The minimum Gasteiger partial charge on any atom is -0.496 e. The van der Waals surface area contributed by atoms with E-state index in [0.717, 1.165) is 18.6 Å². The highest BCUT2D eigenvalue weighted by atomic mass is 16.5. The summed E-state index contributed by atoms with van der Waals surface area (Å²) >= 11 is 0. The number of benzene rings is 1. The first-order valence-electron chi connectivity index (χ1n) is 6.19. The smallest absolute Gasteiger partial charge is 0.122 e. The zero-order valence-electron chi connectivity index (χ0n) is 10.9. The molecule has 1 aliphatic carbocycles. The molecule has 1 saturated carbocycles. The number of methoxy groups -OCH3 is 1. The van der Waals surface area contributed by atoms with Crippen LogP contribution in [0.5, 0.6) is 5.75 Å². The summed E-state index contributed by atoms with van der Waals surface area (Å²) in [4.78, 5) is 0. The highest BCUT2D eigenvalue weighted by molar-refractivity contribution is 5.45. The van der Waals surface area contributed by atoms with Gasteiger partial charge >= 0.3 is 0 Å². The minimum absolute atomic E-state index is 0.111. The van der Waals surface area contributed by atoms with E-state index in [1.165, 1.54) is 16.7 Å². The molecule has 1 fully saturated rings. The average Bonchev–Trinajstić information content (AvgIpc) is 2.28. The highest BCUT2D eigenvalue weighted by Crippen LogP contribution is 2.38.